The SMILES string of the molecule is CC(C)NC(=O)Cn1c(-c2ccc(F)c(C(F)(F)F)c2)nc2ncc(O)cc2c1=O. The summed E-state index contributed by atoms with van der Waals surface area (Å²) in [7, 11) is 0. The minimum absolute atomic E-state index is 0.130. The van der Waals surface area contributed by atoms with Crippen molar-refractivity contribution in [1.29, 1.82) is 0 Å². The first-order valence-corrected chi connectivity index (χ1v) is 8.73. The molecule has 0 radical (unpaired) electrons. The van der Waals surface area contributed by atoms with Crippen molar-refractivity contribution in [3.63, 3.8) is 0 Å². The quantitative estimate of drug-likeness (QED) is 0.628. The van der Waals surface area contributed by atoms with Gasteiger partial charge in [0.25, 0.3) is 5.56 Å². The van der Waals surface area contributed by atoms with Gasteiger partial charge in [0, 0.05) is 11.6 Å². The fourth-order valence-electron chi connectivity index (χ4n) is 2.86. The number of hydrogen-bond acceptors (Lipinski definition) is 5. The molecule has 0 saturated carbocycles. The topological polar surface area (TPSA) is 97.1 Å². The van der Waals surface area contributed by atoms with E-state index < -0.39 is 35.6 Å². The molecule has 0 spiro atoms. The fourth-order valence-corrected chi connectivity index (χ4v) is 2.86. The van der Waals surface area contributed by atoms with E-state index in [1.165, 1.54) is 0 Å². The number of aromatic nitrogens is 3. The molecule has 0 bridgehead atoms. The van der Waals surface area contributed by atoms with E-state index in [2.05, 4.69) is 15.3 Å². The third-order valence-electron chi connectivity index (χ3n) is 4.08. The predicted octanol–water partition coefficient (Wildman–Crippen LogP) is 2.85. The largest absolute Gasteiger partial charge is 0.506 e. The Bertz CT molecular complexity index is 1190. The first-order chi connectivity index (χ1) is 14.0. The molecule has 11 heteroatoms. The van der Waals surface area contributed by atoms with E-state index >= 15 is 0 Å². The number of halogens is 4. The van der Waals surface area contributed by atoms with E-state index in [1.54, 1.807) is 13.8 Å². The summed E-state index contributed by atoms with van der Waals surface area (Å²) in [5, 5.41) is 12.0. The van der Waals surface area contributed by atoms with Crippen molar-refractivity contribution >= 4 is 16.9 Å². The maximum absolute atomic E-state index is 13.7. The molecule has 0 fully saturated rings. The van der Waals surface area contributed by atoms with Crippen LogP contribution in [0.2, 0.25) is 0 Å². The fraction of sp³-hybridized carbons (Fsp3) is 0.263. The molecule has 0 unspecified atom stereocenters. The van der Waals surface area contributed by atoms with Gasteiger partial charge in [-0.2, -0.15) is 13.2 Å². The van der Waals surface area contributed by atoms with Gasteiger partial charge in [0.15, 0.2) is 5.65 Å². The van der Waals surface area contributed by atoms with Crippen LogP contribution >= 0.6 is 0 Å². The lowest BCUT2D eigenvalue weighted by Crippen LogP contribution is -2.37. The summed E-state index contributed by atoms with van der Waals surface area (Å²) < 4.78 is 54.0. The molecular formula is C19H16F4N4O3. The Balaban J connectivity index is 2.27. The van der Waals surface area contributed by atoms with Crippen molar-refractivity contribution in [3.05, 3.63) is 52.2 Å². The van der Waals surface area contributed by atoms with E-state index in [1.807, 2.05) is 0 Å². The molecule has 0 atom stereocenters. The average Bonchev–Trinajstić information content (AvgIpc) is 2.63. The monoisotopic (exact) mass is 424 g/mol. The highest BCUT2D eigenvalue weighted by atomic mass is 19.4. The van der Waals surface area contributed by atoms with E-state index in [-0.39, 0.29) is 34.2 Å². The van der Waals surface area contributed by atoms with Gasteiger partial charge in [0.1, 0.15) is 23.9 Å². The van der Waals surface area contributed by atoms with E-state index in [0.29, 0.717) is 12.1 Å². The van der Waals surface area contributed by atoms with Crippen LogP contribution in [0.15, 0.2) is 35.3 Å². The van der Waals surface area contributed by atoms with Gasteiger partial charge in [0.05, 0.1) is 17.1 Å². The number of rotatable bonds is 4. The summed E-state index contributed by atoms with van der Waals surface area (Å²) in [6.07, 6.45) is -3.96. The maximum Gasteiger partial charge on any atom is 0.419 e. The number of hydrogen-bond donors (Lipinski definition) is 2. The highest BCUT2D eigenvalue weighted by Gasteiger charge is 2.34. The molecule has 158 valence electrons. The Morgan fingerprint density at radius 2 is 1.97 bits per heavy atom. The highest BCUT2D eigenvalue weighted by molar-refractivity contribution is 5.80. The van der Waals surface area contributed by atoms with Crippen LogP contribution in [0, 0.1) is 5.82 Å². The highest BCUT2D eigenvalue weighted by Crippen LogP contribution is 2.34. The molecule has 0 aliphatic heterocycles. The number of pyridine rings is 1. The van der Waals surface area contributed by atoms with Crippen molar-refractivity contribution in [2.45, 2.75) is 32.6 Å². The van der Waals surface area contributed by atoms with Gasteiger partial charge in [-0.1, -0.05) is 0 Å². The van der Waals surface area contributed by atoms with Crippen LogP contribution < -0.4 is 10.9 Å². The van der Waals surface area contributed by atoms with Crippen LogP contribution in [0.25, 0.3) is 22.4 Å². The van der Waals surface area contributed by atoms with Crippen molar-refractivity contribution in [2.24, 2.45) is 0 Å². The molecule has 1 aromatic carbocycles. The van der Waals surface area contributed by atoms with Crippen LogP contribution in [0.5, 0.6) is 5.75 Å². The number of fused-ring (bicyclic) bond motifs is 1. The average molecular weight is 424 g/mol. The molecule has 2 aromatic heterocycles. The second kappa shape index (κ2) is 7.73. The number of alkyl halides is 3. The van der Waals surface area contributed by atoms with E-state index in [4.69, 9.17) is 0 Å². The molecule has 7 nitrogen and oxygen atoms in total. The van der Waals surface area contributed by atoms with Gasteiger partial charge in [-0.3, -0.25) is 14.2 Å². The van der Waals surface area contributed by atoms with Crippen molar-refractivity contribution in [1.82, 2.24) is 19.9 Å². The molecule has 30 heavy (non-hydrogen) atoms. The van der Waals surface area contributed by atoms with Gasteiger partial charge in [-0.05, 0) is 38.1 Å². The number of amides is 1. The van der Waals surface area contributed by atoms with Crippen LogP contribution in [-0.4, -0.2) is 31.6 Å². The first kappa shape index (κ1) is 21.2. The van der Waals surface area contributed by atoms with Crippen molar-refractivity contribution < 1.29 is 27.5 Å². The molecule has 1 amide bonds. The molecule has 3 aromatic rings. The third-order valence-corrected chi connectivity index (χ3v) is 4.08. The molecule has 0 aliphatic rings. The Kier molecular flexibility index (Phi) is 5.47. The number of aromatic hydroxyl groups is 1. The van der Waals surface area contributed by atoms with E-state index in [9.17, 15) is 32.3 Å². The van der Waals surface area contributed by atoms with Crippen LogP contribution in [0.4, 0.5) is 17.6 Å². The van der Waals surface area contributed by atoms with Gasteiger partial charge in [-0.25, -0.2) is 14.4 Å². The Morgan fingerprint density at radius 1 is 1.27 bits per heavy atom. The third kappa shape index (κ3) is 4.24. The molecule has 0 saturated heterocycles. The number of nitrogens with one attached hydrogen (secondary N) is 1. The summed E-state index contributed by atoms with van der Waals surface area (Å²) in [5.41, 5.74) is -2.71. The summed E-state index contributed by atoms with van der Waals surface area (Å²) in [6, 6.07) is 2.98. The lowest BCUT2D eigenvalue weighted by Gasteiger charge is -2.16. The zero-order valence-corrected chi connectivity index (χ0v) is 15.8. The van der Waals surface area contributed by atoms with Crippen molar-refractivity contribution in [2.75, 3.05) is 0 Å². The molecule has 3 rings (SSSR count). The molecule has 2 heterocycles. The van der Waals surface area contributed by atoms with E-state index in [0.717, 1.165) is 22.9 Å². The van der Waals surface area contributed by atoms with Gasteiger partial charge in [-0.15, -0.1) is 0 Å². The minimum atomic E-state index is -4.97. The van der Waals surface area contributed by atoms with Crippen LogP contribution in [0.3, 0.4) is 0 Å². The first-order valence-electron chi connectivity index (χ1n) is 8.73. The normalized spacial score (nSPS) is 11.8. The summed E-state index contributed by atoms with van der Waals surface area (Å²) >= 11 is 0. The zero-order chi connectivity index (χ0) is 22.2. The number of carbonyl (C=O) groups excluding carboxylic acids is 1. The number of nitrogens with zero attached hydrogens (tertiary/aromatic N) is 3. The second-order valence-corrected chi connectivity index (χ2v) is 6.81. The lowest BCUT2D eigenvalue weighted by atomic mass is 10.1. The van der Waals surface area contributed by atoms with Crippen LogP contribution in [-0.2, 0) is 17.5 Å². The molecule has 0 aliphatic carbocycles. The van der Waals surface area contributed by atoms with Gasteiger partial charge >= 0.3 is 6.18 Å². The molecule has 2 N–H and O–H groups in total. The van der Waals surface area contributed by atoms with Gasteiger partial charge < -0.3 is 10.4 Å². The van der Waals surface area contributed by atoms with Crippen molar-refractivity contribution in [3.8, 4) is 17.1 Å². The number of benzene rings is 1. The Morgan fingerprint density at radius 3 is 2.60 bits per heavy atom. The smallest absolute Gasteiger partial charge is 0.419 e. The standard InChI is InChI=1S/C19H16F4N4O3/c1-9(2)25-15(29)8-27-17(10-3-4-14(20)13(5-10)19(21,22)23)26-16-12(18(27)30)6-11(28)7-24-16/h3-7,9,28H,8H2,1-2H3,(H,25,29). The Hall–Kier alpha value is -3.50. The summed E-state index contributed by atoms with van der Waals surface area (Å²) in [4.78, 5) is 33.1. The maximum atomic E-state index is 13.7. The zero-order valence-electron chi connectivity index (χ0n) is 15.8. The molecular weight excluding hydrogens is 408 g/mol. The summed E-state index contributed by atoms with van der Waals surface area (Å²) in [6.45, 7) is 2.83. The number of carbonyl (C=O) groups is 1. The lowest BCUT2D eigenvalue weighted by molar-refractivity contribution is -0.140. The van der Waals surface area contributed by atoms with Gasteiger partial charge in [0.2, 0.25) is 5.91 Å². The van der Waals surface area contributed by atoms with Crippen LogP contribution in [0.1, 0.15) is 19.4 Å². The Labute approximate surface area is 167 Å². The minimum Gasteiger partial charge on any atom is -0.506 e. The predicted molar refractivity (Wildman–Crippen MR) is 99.1 cm³/mol. The summed E-state index contributed by atoms with van der Waals surface area (Å²) in [5.74, 6) is -2.69. The second-order valence-electron chi connectivity index (χ2n) is 6.81.